The zero-order valence-corrected chi connectivity index (χ0v) is 15.1. The molecule has 0 unspecified atom stereocenters. The molecule has 0 heterocycles. The van der Waals surface area contributed by atoms with Gasteiger partial charge in [0.05, 0.1) is 10.1 Å². The summed E-state index contributed by atoms with van der Waals surface area (Å²) in [6.45, 7) is 8.76. The lowest BCUT2D eigenvalue weighted by Crippen LogP contribution is -2.25. The fraction of sp³-hybridized carbons (Fsp3) is 0.500. The number of halogens is 1. The molecule has 5 nitrogen and oxygen atoms in total. The number of ether oxygens (including phenoxy) is 1. The number of carbonyl (C=O) groups excluding carboxylic acids is 1. The van der Waals surface area contributed by atoms with Crippen LogP contribution in [0.2, 0.25) is 0 Å². The molecule has 0 fully saturated rings. The van der Waals surface area contributed by atoms with E-state index in [1.165, 1.54) is 6.07 Å². The zero-order valence-electron chi connectivity index (χ0n) is 12.7. The highest BCUT2D eigenvalue weighted by molar-refractivity contribution is 9.10. The number of amides is 1. The van der Waals surface area contributed by atoms with E-state index in [1.807, 2.05) is 20.8 Å². The van der Waals surface area contributed by atoms with Crippen LogP contribution in [0.5, 0.6) is 5.75 Å². The molecule has 0 aliphatic carbocycles. The van der Waals surface area contributed by atoms with Crippen LogP contribution in [-0.2, 0) is 15.3 Å². The van der Waals surface area contributed by atoms with Crippen molar-refractivity contribution in [2.45, 2.75) is 50.2 Å². The summed E-state index contributed by atoms with van der Waals surface area (Å²) in [6.07, 6.45) is -0.976. The van der Waals surface area contributed by atoms with Crippen LogP contribution >= 0.6 is 15.9 Å². The lowest BCUT2D eigenvalue weighted by atomic mass is 9.86. The summed E-state index contributed by atoms with van der Waals surface area (Å²) in [5.41, 5.74) is 4.96. The Balaban J connectivity index is 3.82. The van der Waals surface area contributed by atoms with E-state index < -0.39 is 26.6 Å². The zero-order chi connectivity index (χ0) is 16.6. The van der Waals surface area contributed by atoms with Gasteiger partial charge >= 0.3 is 6.09 Å². The first-order valence-corrected chi connectivity index (χ1v) is 8.77. The standard InChI is InChI=1S/C14H20BrNO4S/c1-8(2)21(18,19)12-9(15)6-7-10(20-13(16)17)11(12)14(3,4)5/h6-8H,1-5H3,(H2,16,17). The highest BCUT2D eigenvalue weighted by Gasteiger charge is 2.33. The average Bonchev–Trinajstić information content (AvgIpc) is 2.28. The van der Waals surface area contributed by atoms with Crippen molar-refractivity contribution in [1.29, 1.82) is 0 Å². The number of hydrogen-bond acceptors (Lipinski definition) is 4. The molecule has 0 aliphatic heterocycles. The Labute approximate surface area is 133 Å². The topological polar surface area (TPSA) is 86.5 Å². The van der Waals surface area contributed by atoms with Crippen LogP contribution in [0.3, 0.4) is 0 Å². The number of benzene rings is 1. The number of nitrogens with two attached hydrogens (primary N) is 1. The van der Waals surface area contributed by atoms with Crippen LogP contribution in [0, 0.1) is 0 Å². The molecule has 0 aliphatic rings. The molecule has 1 rings (SSSR count). The van der Waals surface area contributed by atoms with Crippen LogP contribution in [0.15, 0.2) is 21.5 Å². The van der Waals surface area contributed by atoms with E-state index in [2.05, 4.69) is 15.9 Å². The van der Waals surface area contributed by atoms with Crippen LogP contribution in [-0.4, -0.2) is 19.8 Å². The molecule has 7 heteroatoms. The minimum atomic E-state index is -3.56. The van der Waals surface area contributed by atoms with Gasteiger partial charge < -0.3 is 10.5 Å². The summed E-state index contributed by atoms with van der Waals surface area (Å²) in [5.74, 6) is 0.164. The summed E-state index contributed by atoms with van der Waals surface area (Å²) in [6, 6.07) is 3.08. The third-order valence-corrected chi connectivity index (χ3v) is 6.09. The number of primary amides is 1. The second-order valence-corrected chi connectivity index (χ2v) is 9.31. The van der Waals surface area contributed by atoms with E-state index >= 15 is 0 Å². The SMILES string of the molecule is CC(C)S(=O)(=O)c1c(Br)ccc(OC(N)=O)c1C(C)(C)C. The van der Waals surface area contributed by atoms with Crippen molar-refractivity contribution >= 4 is 31.9 Å². The Morgan fingerprint density at radius 1 is 1.29 bits per heavy atom. The summed E-state index contributed by atoms with van der Waals surface area (Å²) >= 11 is 3.29. The molecule has 118 valence electrons. The lowest BCUT2D eigenvalue weighted by molar-refractivity contribution is 0.209. The molecule has 0 atom stereocenters. The maximum Gasteiger partial charge on any atom is 0.409 e. The van der Waals surface area contributed by atoms with Gasteiger partial charge in [0.15, 0.2) is 9.84 Å². The first kappa shape index (κ1) is 18.0. The maximum absolute atomic E-state index is 12.7. The third-order valence-electron chi connectivity index (χ3n) is 2.94. The smallest absolute Gasteiger partial charge is 0.409 e. The van der Waals surface area contributed by atoms with E-state index in [4.69, 9.17) is 10.5 Å². The molecule has 0 saturated carbocycles. The normalized spacial score (nSPS) is 12.5. The second-order valence-electron chi connectivity index (χ2n) is 6.01. The minimum Gasteiger partial charge on any atom is -0.410 e. The van der Waals surface area contributed by atoms with Crippen molar-refractivity contribution < 1.29 is 17.9 Å². The summed E-state index contributed by atoms with van der Waals surface area (Å²) in [5, 5.41) is -0.598. The molecule has 21 heavy (non-hydrogen) atoms. The molecular formula is C14H20BrNO4S. The van der Waals surface area contributed by atoms with Crippen molar-refractivity contribution in [1.82, 2.24) is 0 Å². The lowest BCUT2D eigenvalue weighted by Gasteiger charge is -2.26. The average molecular weight is 378 g/mol. The van der Waals surface area contributed by atoms with Crippen LogP contribution in [0.4, 0.5) is 4.79 Å². The van der Waals surface area contributed by atoms with Gasteiger partial charge in [-0.1, -0.05) is 20.8 Å². The fourth-order valence-corrected chi connectivity index (χ4v) is 4.47. The van der Waals surface area contributed by atoms with Gasteiger partial charge in [-0.25, -0.2) is 13.2 Å². The predicted octanol–water partition coefficient (Wildman–Crippen LogP) is 3.39. The summed E-state index contributed by atoms with van der Waals surface area (Å²) in [4.78, 5) is 11.2. The Hall–Kier alpha value is -1.08. The maximum atomic E-state index is 12.7. The van der Waals surface area contributed by atoms with Gasteiger partial charge in [-0.2, -0.15) is 0 Å². The fourth-order valence-electron chi connectivity index (χ4n) is 1.96. The third kappa shape index (κ3) is 3.77. The van der Waals surface area contributed by atoms with Gasteiger partial charge in [0.2, 0.25) is 0 Å². The Morgan fingerprint density at radius 3 is 2.19 bits per heavy atom. The largest absolute Gasteiger partial charge is 0.410 e. The first-order valence-electron chi connectivity index (χ1n) is 6.43. The van der Waals surface area contributed by atoms with E-state index in [0.29, 0.717) is 10.0 Å². The molecule has 1 aromatic carbocycles. The number of hydrogen-bond donors (Lipinski definition) is 1. The number of carbonyl (C=O) groups is 1. The molecule has 1 amide bonds. The Kier molecular flexibility index (Phi) is 5.10. The van der Waals surface area contributed by atoms with E-state index in [-0.39, 0.29) is 10.6 Å². The van der Waals surface area contributed by atoms with Crippen LogP contribution in [0.25, 0.3) is 0 Å². The van der Waals surface area contributed by atoms with Gasteiger partial charge in [-0.3, -0.25) is 0 Å². The van der Waals surface area contributed by atoms with E-state index in [9.17, 15) is 13.2 Å². The molecule has 0 radical (unpaired) electrons. The highest BCUT2D eigenvalue weighted by Crippen LogP contribution is 2.41. The molecular weight excluding hydrogens is 358 g/mol. The van der Waals surface area contributed by atoms with Crippen molar-refractivity contribution in [3.63, 3.8) is 0 Å². The minimum absolute atomic E-state index is 0.142. The van der Waals surface area contributed by atoms with Crippen LogP contribution < -0.4 is 10.5 Å². The summed E-state index contributed by atoms with van der Waals surface area (Å²) in [7, 11) is -3.56. The Morgan fingerprint density at radius 2 is 1.81 bits per heavy atom. The van der Waals surface area contributed by atoms with Crippen molar-refractivity contribution in [2.75, 3.05) is 0 Å². The van der Waals surface area contributed by atoms with Crippen molar-refractivity contribution in [3.05, 3.63) is 22.2 Å². The molecule has 0 spiro atoms. The van der Waals surface area contributed by atoms with Gasteiger partial charge in [-0.15, -0.1) is 0 Å². The molecule has 0 bridgehead atoms. The van der Waals surface area contributed by atoms with E-state index in [0.717, 1.165) is 0 Å². The quantitative estimate of drug-likeness (QED) is 0.874. The van der Waals surface area contributed by atoms with Crippen LogP contribution in [0.1, 0.15) is 40.2 Å². The predicted molar refractivity (Wildman–Crippen MR) is 85.4 cm³/mol. The number of rotatable bonds is 3. The van der Waals surface area contributed by atoms with Crippen molar-refractivity contribution in [2.24, 2.45) is 5.73 Å². The van der Waals surface area contributed by atoms with Gasteiger partial charge in [-0.05, 0) is 47.3 Å². The van der Waals surface area contributed by atoms with Gasteiger partial charge in [0.25, 0.3) is 0 Å². The van der Waals surface area contributed by atoms with Crippen molar-refractivity contribution in [3.8, 4) is 5.75 Å². The number of sulfone groups is 1. The van der Waals surface area contributed by atoms with E-state index in [1.54, 1.807) is 19.9 Å². The Bertz CT molecular complexity index is 660. The highest BCUT2D eigenvalue weighted by atomic mass is 79.9. The molecule has 1 aromatic rings. The first-order chi connectivity index (χ1) is 9.39. The molecule has 0 saturated heterocycles. The van der Waals surface area contributed by atoms with Gasteiger partial charge in [0, 0.05) is 10.0 Å². The monoisotopic (exact) mass is 377 g/mol. The van der Waals surface area contributed by atoms with Gasteiger partial charge in [0.1, 0.15) is 5.75 Å². The summed E-state index contributed by atoms with van der Waals surface area (Å²) < 4.78 is 30.8. The molecule has 2 N–H and O–H groups in total. The second kappa shape index (κ2) is 5.96. The molecule has 0 aromatic heterocycles.